The summed E-state index contributed by atoms with van der Waals surface area (Å²) in [4.78, 5) is 14.0. The van der Waals surface area contributed by atoms with Gasteiger partial charge in [-0.15, -0.1) is 10.2 Å². The topological polar surface area (TPSA) is 99.8 Å². The molecule has 1 aromatic carbocycles. The lowest BCUT2D eigenvalue weighted by Crippen LogP contribution is -2.52. The molecule has 28 heavy (non-hydrogen) atoms. The molecule has 8 nitrogen and oxygen atoms in total. The van der Waals surface area contributed by atoms with Gasteiger partial charge in [-0.2, -0.15) is 0 Å². The molecule has 0 aliphatic carbocycles. The summed E-state index contributed by atoms with van der Waals surface area (Å²) in [6.07, 6.45) is -0.319. The number of nitrogen functional groups attached to an aromatic ring is 1. The fraction of sp³-hybridized carbons (Fsp3) is 0.421. The zero-order valence-corrected chi connectivity index (χ0v) is 16.1. The third-order valence-corrected chi connectivity index (χ3v) is 5.16. The van der Waals surface area contributed by atoms with E-state index in [9.17, 15) is 4.79 Å². The van der Waals surface area contributed by atoms with Gasteiger partial charge in [0.05, 0.1) is 37.1 Å². The van der Waals surface area contributed by atoms with Crippen LogP contribution in [0.3, 0.4) is 0 Å². The second-order valence-electron chi connectivity index (χ2n) is 6.70. The molecular weight excluding hydrogens is 384 g/mol. The third-order valence-electron chi connectivity index (χ3n) is 4.98. The van der Waals surface area contributed by atoms with E-state index >= 15 is 0 Å². The molecule has 0 bridgehead atoms. The molecule has 0 spiro atoms. The largest absolute Gasteiger partial charge is 0.462 e. The minimum absolute atomic E-state index is 0.0256. The number of nitrogens with two attached hydrogens (primary N) is 1. The average Bonchev–Trinajstić information content (AvgIpc) is 3.18. The van der Waals surface area contributed by atoms with E-state index in [-0.39, 0.29) is 29.4 Å². The Hall–Kier alpha value is -2.42. The molecule has 3 heterocycles. The molecule has 3 atom stereocenters. The Bertz CT molecular complexity index is 864. The van der Waals surface area contributed by atoms with Gasteiger partial charge in [-0.3, -0.25) is 0 Å². The fourth-order valence-electron chi connectivity index (χ4n) is 3.62. The normalized spacial score (nSPS) is 24.1. The van der Waals surface area contributed by atoms with Crippen molar-refractivity contribution in [2.45, 2.75) is 25.2 Å². The van der Waals surface area contributed by atoms with E-state index in [0.717, 1.165) is 11.3 Å². The lowest BCUT2D eigenvalue weighted by molar-refractivity contribution is -0.0398. The smallest absolute Gasteiger partial charge is 0.338 e. The van der Waals surface area contributed by atoms with Gasteiger partial charge < -0.3 is 24.8 Å². The van der Waals surface area contributed by atoms with Crippen LogP contribution in [0.1, 0.15) is 28.9 Å². The van der Waals surface area contributed by atoms with Gasteiger partial charge in [-0.25, -0.2) is 4.79 Å². The molecule has 4 rings (SSSR count). The highest BCUT2D eigenvalue weighted by Gasteiger charge is 2.42. The number of anilines is 2. The van der Waals surface area contributed by atoms with Crippen LogP contribution in [0.4, 0.5) is 11.5 Å². The van der Waals surface area contributed by atoms with Crippen LogP contribution >= 0.6 is 11.6 Å². The van der Waals surface area contributed by atoms with Crippen LogP contribution < -0.4 is 10.6 Å². The number of rotatable bonds is 4. The van der Waals surface area contributed by atoms with E-state index in [2.05, 4.69) is 15.1 Å². The number of esters is 1. The second-order valence-corrected chi connectivity index (χ2v) is 7.09. The Morgan fingerprint density at radius 3 is 2.86 bits per heavy atom. The summed E-state index contributed by atoms with van der Waals surface area (Å²) in [6, 6.07) is 9.00. The predicted octanol–water partition coefficient (Wildman–Crippen LogP) is 2.23. The molecule has 0 amide bonds. The zero-order valence-electron chi connectivity index (χ0n) is 15.4. The molecule has 1 aromatic heterocycles. The van der Waals surface area contributed by atoms with E-state index < -0.39 is 0 Å². The van der Waals surface area contributed by atoms with Crippen LogP contribution in [0.25, 0.3) is 0 Å². The van der Waals surface area contributed by atoms with Crippen molar-refractivity contribution in [1.82, 2.24) is 10.2 Å². The first-order valence-electron chi connectivity index (χ1n) is 9.12. The quantitative estimate of drug-likeness (QED) is 0.774. The molecule has 0 saturated carbocycles. The molecule has 2 fully saturated rings. The first-order valence-corrected chi connectivity index (χ1v) is 9.50. The van der Waals surface area contributed by atoms with Crippen molar-refractivity contribution >= 4 is 29.1 Å². The summed E-state index contributed by atoms with van der Waals surface area (Å²) in [5, 5.41) is 8.01. The van der Waals surface area contributed by atoms with Crippen LogP contribution in [-0.2, 0) is 14.2 Å². The molecule has 148 valence electrons. The molecule has 2 aliphatic rings. The predicted molar refractivity (Wildman–Crippen MR) is 103 cm³/mol. The van der Waals surface area contributed by atoms with Crippen molar-refractivity contribution in [2.75, 3.05) is 37.0 Å². The SMILES string of the molecule is CCOC(=O)c1ccc([C@@H]2CN(c3cc(Cl)nnc3N)[C@@H]3COC[C@@H]3O2)cc1. The zero-order chi connectivity index (χ0) is 19.7. The summed E-state index contributed by atoms with van der Waals surface area (Å²) >= 11 is 6.04. The van der Waals surface area contributed by atoms with Crippen molar-refractivity contribution in [2.24, 2.45) is 0 Å². The number of carbonyl (C=O) groups is 1. The first kappa shape index (κ1) is 18.9. The van der Waals surface area contributed by atoms with E-state index in [0.29, 0.717) is 37.7 Å². The van der Waals surface area contributed by atoms with Crippen molar-refractivity contribution in [3.8, 4) is 0 Å². The van der Waals surface area contributed by atoms with Crippen LogP contribution in [0.15, 0.2) is 30.3 Å². The van der Waals surface area contributed by atoms with Gasteiger partial charge in [-0.05, 0) is 24.6 Å². The summed E-state index contributed by atoms with van der Waals surface area (Å²) in [5.41, 5.74) is 8.24. The van der Waals surface area contributed by atoms with Gasteiger partial charge in [0.25, 0.3) is 0 Å². The van der Waals surface area contributed by atoms with Gasteiger partial charge in [0.2, 0.25) is 0 Å². The Morgan fingerprint density at radius 2 is 2.11 bits per heavy atom. The van der Waals surface area contributed by atoms with E-state index in [1.165, 1.54) is 0 Å². The van der Waals surface area contributed by atoms with Crippen LogP contribution in [0.5, 0.6) is 0 Å². The van der Waals surface area contributed by atoms with Crippen LogP contribution in [0, 0.1) is 0 Å². The lowest BCUT2D eigenvalue weighted by atomic mass is 10.0. The second kappa shape index (κ2) is 7.90. The van der Waals surface area contributed by atoms with Gasteiger partial charge in [0.1, 0.15) is 12.2 Å². The van der Waals surface area contributed by atoms with E-state index in [1.807, 2.05) is 12.1 Å². The van der Waals surface area contributed by atoms with E-state index in [4.69, 9.17) is 31.5 Å². The molecule has 0 radical (unpaired) electrons. The average molecular weight is 405 g/mol. The van der Waals surface area contributed by atoms with Crippen molar-refractivity contribution in [3.63, 3.8) is 0 Å². The summed E-state index contributed by atoms with van der Waals surface area (Å²) in [7, 11) is 0. The van der Waals surface area contributed by atoms with Gasteiger partial charge in [0.15, 0.2) is 11.0 Å². The Kier molecular flexibility index (Phi) is 5.34. The number of morpholine rings is 1. The van der Waals surface area contributed by atoms with Gasteiger partial charge in [-0.1, -0.05) is 23.7 Å². The van der Waals surface area contributed by atoms with Crippen molar-refractivity contribution in [1.29, 1.82) is 0 Å². The number of benzene rings is 1. The number of halogens is 1. The number of aromatic nitrogens is 2. The molecule has 2 aromatic rings. The first-order chi connectivity index (χ1) is 13.6. The summed E-state index contributed by atoms with van der Waals surface area (Å²) in [6.45, 7) is 3.72. The number of nitrogens with zero attached hydrogens (tertiary/aromatic N) is 3. The van der Waals surface area contributed by atoms with Gasteiger partial charge >= 0.3 is 5.97 Å². The number of hydrogen-bond acceptors (Lipinski definition) is 8. The maximum absolute atomic E-state index is 11.9. The highest BCUT2D eigenvalue weighted by Crippen LogP contribution is 2.37. The molecule has 2 aliphatic heterocycles. The molecular formula is C19H21ClN4O4. The molecule has 9 heteroatoms. The molecule has 2 saturated heterocycles. The monoisotopic (exact) mass is 404 g/mol. The van der Waals surface area contributed by atoms with Crippen LogP contribution in [0.2, 0.25) is 5.15 Å². The van der Waals surface area contributed by atoms with Crippen molar-refractivity contribution < 1.29 is 19.0 Å². The molecule has 0 unspecified atom stereocenters. The maximum atomic E-state index is 11.9. The minimum atomic E-state index is -0.338. The van der Waals surface area contributed by atoms with Gasteiger partial charge in [0, 0.05) is 12.6 Å². The highest BCUT2D eigenvalue weighted by molar-refractivity contribution is 6.29. The Balaban J connectivity index is 1.60. The molecule has 2 N–H and O–H groups in total. The third kappa shape index (κ3) is 3.63. The number of ether oxygens (including phenoxy) is 3. The highest BCUT2D eigenvalue weighted by atomic mass is 35.5. The summed E-state index contributed by atoms with van der Waals surface area (Å²) < 4.78 is 16.9. The Morgan fingerprint density at radius 1 is 1.32 bits per heavy atom. The minimum Gasteiger partial charge on any atom is -0.462 e. The fourth-order valence-corrected chi connectivity index (χ4v) is 3.76. The number of hydrogen-bond donors (Lipinski definition) is 1. The lowest BCUT2D eigenvalue weighted by Gasteiger charge is -2.42. The van der Waals surface area contributed by atoms with E-state index in [1.54, 1.807) is 25.1 Å². The number of fused-ring (bicyclic) bond motifs is 1. The maximum Gasteiger partial charge on any atom is 0.338 e. The summed E-state index contributed by atoms with van der Waals surface area (Å²) in [5.74, 6) is -0.0249. The standard InChI is InChI=1S/C19H21ClN4O4/c1-2-27-19(25)12-5-3-11(4-6-12)15-8-24(14-9-26-10-16(14)28-15)13-7-17(20)22-23-18(13)21/h3-7,14-16H,2,8-10H2,1H3,(H2,21,23)/t14-,15+,16+/m1/s1. The number of carbonyl (C=O) groups excluding carboxylic acids is 1. The van der Waals surface area contributed by atoms with Crippen LogP contribution in [-0.4, -0.2) is 54.7 Å². The van der Waals surface area contributed by atoms with Crippen molar-refractivity contribution in [3.05, 3.63) is 46.6 Å². The Labute approximate surface area is 167 Å².